The van der Waals surface area contributed by atoms with Gasteiger partial charge in [0.25, 0.3) is 5.91 Å². The number of carbonyl (C=O) groups excluding carboxylic acids is 1. The standard InChI is InChI=1S/C21H30N4O2.HI/c1-2-22-21(23-15-17-14-16-6-3-4-7-18(16)17)25-11-9-24(10-12-25)20(26)19-8-5-13-27-19;/h3-4,6-7,17,19H,2,5,8-15H2,1H3,(H,22,23);1H. The Kier molecular flexibility index (Phi) is 7.56. The van der Waals surface area contributed by atoms with Crippen molar-refractivity contribution in [2.45, 2.75) is 38.2 Å². The minimum Gasteiger partial charge on any atom is -0.368 e. The fourth-order valence-corrected chi connectivity index (χ4v) is 4.26. The van der Waals surface area contributed by atoms with Crippen LogP contribution in [-0.2, 0) is 16.0 Å². The number of rotatable bonds is 4. The van der Waals surface area contributed by atoms with Gasteiger partial charge in [0, 0.05) is 51.8 Å². The first-order valence-electron chi connectivity index (χ1n) is 10.3. The summed E-state index contributed by atoms with van der Waals surface area (Å²) in [6.45, 7) is 7.65. The van der Waals surface area contributed by atoms with Crippen molar-refractivity contribution in [1.82, 2.24) is 15.1 Å². The molecule has 154 valence electrons. The molecule has 0 spiro atoms. The molecular formula is C21H31IN4O2. The number of hydrogen-bond acceptors (Lipinski definition) is 3. The van der Waals surface area contributed by atoms with Crippen LogP contribution >= 0.6 is 24.0 Å². The van der Waals surface area contributed by atoms with E-state index in [4.69, 9.17) is 9.73 Å². The molecule has 1 amide bonds. The molecule has 1 aromatic rings. The molecule has 28 heavy (non-hydrogen) atoms. The van der Waals surface area contributed by atoms with Crippen molar-refractivity contribution in [3.8, 4) is 0 Å². The number of guanidine groups is 1. The molecule has 6 nitrogen and oxygen atoms in total. The highest BCUT2D eigenvalue weighted by Gasteiger charge is 2.31. The predicted molar refractivity (Wildman–Crippen MR) is 121 cm³/mol. The topological polar surface area (TPSA) is 57.2 Å². The van der Waals surface area contributed by atoms with Gasteiger partial charge in [-0.05, 0) is 37.3 Å². The fraction of sp³-hybridized carbons (Fsp3) is 0.619. The first-order chi connectivity index (χ1) is 13.3. The molecule has 0 aromatic heterocycles. The molecule has 7 heteroatoms. The summed E-state index contributed by atoms with van der Waals surface area (Å²) < 4.78 is 5.55. The molecule has 2 aliphatic heterocycles. The van der Waals surface area contributed by atoms with Gasteiger partial charge in [0.2, 0.25) is 0 Å². The lowest BCUT2D eigenvalue weighted by molar-refractivity contribution is -0.142. The van der Waals surface area contributed by atoms with Crippen LogP contribution in [0.4, 0.5) is 0 Å². The molecule has 2 atom stereocenters. The van der Waals surface area contributed by atoms with E-state index in [1.807, 2.05) is 4.90 Å². The van der Waals surface area contributed by atoms with E-state index < -0.39 is 0 Å². The third-order valence-corrected chi connectivity index (χ3v) is 5.85. The molecule has 1 N–H and O–H groups in total. The number of aliphatic imine (C=N–C) groups is 1. The zero-order chi connectivity index (χ0) is 18.6. The summed E-state index contributed by atoms with van der Waals surface area (Å²) in [7, 11) is 0. The molecule has 1 aliphatic carbocycles. The highest BCUT2D eigenvalue weighted by Crippen LogP contribution is 2.34. The van der Waals surface area contributed by atoms with Gasteiger partial charge in [-0.3, -0.25) is 9.79 Å². The molecule has 2 fully saturated rings. The lowest BCUT2D eigenvalue weighted by Gasteiger charge is -2.37. The molecule has 3 aliphatic rings. The number of amides is 1. The van der Waals surface area contributed by atoms with Gasteiger partial charge in [-0.2, -0.15) is 0 Å². The molecule has 0 radical (unpaired) electrons. The Balaban J connectivity index is 0.00000225. The smallest absolute Gasteiger partial charge is 0.251 e. The van der Waals surface area contributed by atoms with Crippen LogP contribution in [0.15, 0.2) is 29.3 Å². The number of halogens is 1. The second kappa shape index (κ2) is 9.91. The molecule has 2 saturated heterocycles. The van der Waals surface area contributed by atoms with Gasteiger partial charge in [0.05, 0.1) is 0 Å². The normalized spacial score (nSPS) is 24.2. The van der Waals surface area contributed by atoms with Gasteiger partial charge in [0.15, 0.2) is 5.96 Å². The Morgan fingerprint density at radius 2 is 1.96 bits per heavy atom. The van der Waals surface area contributed by atoms with Gasteiger partial charge in [-0.15, -0.1) is 24.0 Å². The maximum absolute atomic E-state index is 12.5. The van der Waals surface area contributed by atoms with Crippen LogP contribution in [0.1, 0.15) is 36.8 Å². The molecule has 1 aromatic carbocycles. The molecule has 4 rings (SSSR count). The van der Waals surface area contributed by atoms with Crippen LogP contribution in [0.25, 0.3) is 0 Å². The van der Waals surface area contributed by atoms with Gasteiger partial charge < -0.3 is 19.9 Å². The number of piperazine rings is 1. The van der Waals surface area contributed by atoms with Gasteiger partial charge in [-0.1, -0.05) is 24.3 Å². The average molecular weight is 498 g/mol. The van der Waals surface area contributed by atoms with E-state index in [1.165, 1.54) is 11.1 Å². The van der Waals surface area contributed by atoms with E-state index in [9.17, 15) is 4.79 Å². The highest BCUT2D eigenvalue weighted by atomic mass is 127. The maximum atomic E-state index is 12.5. The second-order valence-corrected chi connectivity index (χ2v) is 7.61. The van der Waals surface area contributed by atoms with Crippen LogP contribution in [0.3, 0.4) is 0 Å². The lowest BCUT2D eigenvalue weighted by Crippen LogP contribution is -2.55. The highest BCUT2D eigenvalue weighted by molar-refractivity contribution is 14.0. The monoisotopic (exact) mass is 498 g/mol. The van der Waals surface area contributed by atoms with Crippen LogP contribution in [0, 0.1) is 0 Å². The summed E-state index contributed by atoms with van der Waals surface area (Å²) in [4.78, 5) is 21.7. The molecule has 0 saturated carbocycles. The van der Waals surface area contributed by atoms with E-state index in [0.717, 1.165) is 71.1 Å². The van der Waals surface area contributed by atoms with E-state index in [2.05, 4.69) is 41.4 Å². The summed E-state index contributed by atoms with van der Waals surface area (Å²) in [6.07, 6.45) is 2.78. The zero-order valence-electron chi connectivity index (χ0n) is 16.6. The SMILES string of the molecule is CCNC(=NCC1Cc2ccccc21)N1CCN(C(=O)C2CCCO2)CC1.I. The van der Waals surface area contributed by atoms with Crippen LogP contribution in [0.5, 0.6) is 0 Å². The van der Waals surface area contributed by atoms with Crippen molar-refractivity contribution in [3.63, 3.8) is 0 Å². The number of nitrogens with one attached hydrogen (secondary N) is 1. The number of fused-ring (bicyclic) bond motifs is 1. The van der Waals surface area contributed by atoms with Gasteiger partial charge in [0.1, 0.15) is 6.10 Å². The number of ether oxygens (including phenoxy) is 1. The Bertz CT molecular complexity index is 697. The third kappa shape index (κ3) is 4.62. The summed E-state index contributed by atoms with van der Waals surface area (Å²) >= 11 is 0. The number of nitrogens with zero attached hydrogens (tertiary/aromatic N) is 3. The third-order valence-electron chi connectivity index (χ3n) is 5.85. The minimum atomic E-state index is -0.211. The van der Waals surface area contributed by atoms with E-state index >= 15 is 0 Å². The van der Waals surface area contributed by atoms with Crippen molar-refractivity contribution in [3.05, 3.63) is 35.4 Å². The molecule has 0 bridgehead atoms. The first-order valence-corrected chi connectivity index (χ1v) is 10.3. The van der Waals surface area contributed by atoms with E-state index in [-0.39, 0.29) is 36.0 Å². The Morgan fingerprint density at radius 1 is 1.21 bits per heavy atom. The van der Waals surface area contributed by atoms with E-state index in [0.29, 0.717) is 5.92 Å². The van der Waals surface area contributed by atoms with Crippen LogP contribution in [0.2, 0.25) is 0 Å². The first kappa shape index (κ1) is 21.4. The number of benzene rings is 1. The fourth-order valence-electron chi connectivity index (χ4n) is 4.26. The zero-order valence-corrected chi connectivity index (χ0v) is 18.9. The minimum absolute atomic E-state index is 0. The van der Waals surface area contributed by atoms with E-state index in [1.54, 1.807) is 0 Å². The van der Waals surface area contributed by atoms with Crippen molar-refractivity contribution in [1.29, 1.82) is 0 Å². The second-order valence-electron chi connectivity index (χ2n) is 7.61. The van der Waals surface area contributed by atoms with Crippen LogP contribution < -0.4 is 5.32 Å². The summed E-state index contributed by atoms with van der Waals surface area (Å²) in [5.41, 5.74) is 2.91. The molecule has 2 unspecified atom stereocenters. The molecular weight excluding hydrogens is 467 g/mol. The van der Waals surface area contributed by atoms with Gasteiger partial charge >= 0.3 is 0 Å². The van der Waals surface area contributed by atoms with Crippen molar-refractivity contribution in [2.24, 2.45) is 4.99 Å². The number of carbonyl (C=O) groups is 1. The van der Waals surface area contributed by atoms with Crippen molar-refractivity contribution >= 4 is 35.8 Å². The molecule has 2 heterocycles. The Morgan fingerprint density at radius 3 is 2.64 bits per heavy atom. The van der Waals surface area contributed by atoms with Crippen molar-refractivity contribution < 1.29 is 9.53 Å². The van der Waals surface area contributed by atoms with Crippen LogP contribution in [-0.4, -0.2) is 73.6 Å². The van der Waals surface area contributed by atoms with Crippen molar-refractivity contribution in [2.75, 3.05) is 45.9 Å². The summed E-state index contributed by atoms with van der Waals surface area (Å²) in [5, 5.41) is 3.43. The average Bonchev–Trinajstić information content (AvgIpc) is 3.22. The lowest BCUT2D eigenvalue weighted by atomic mass is 9.78. The Hall–Kier alpha value is -1.35. The van der Waals surface area contributed by atoms with Gasteiger partial charge in [-0.25, -0.2) is 0 Å². The quantitative estimate of drug-likeness (QED) is 0.393. The Labute approximate surface area is 184 Å². The summed E-state index contributed by atoms with van der Waals surface area (Å²) in [5.74, 6) is 1.68. The number of hydrogen-bond donors (Lipinski definition) is 1. The predicted octanol–water partition coefficient (Wildman–Crippen LogP) is 2.23. The maximum Gasteiger partial charge on any atom is 0.251 e. The largest absolute Gasteiger partial charge is 0.368 e. The summed E-state index contributed by atoms with van der Waals surface area (Å²) in [6, 6.07) is 8.66.